The molecule has 0 fully saturated rings. The molecule has 0 heterocycles. The lowest BCUT2D eigenvalue weighted by Crippen LogP contribution is -2.27. The Hall–Kier alpha value is -2.54. The Bertz CT molecular complexity index is 704. The van der Waals surface area contributed by atoms with Gasteiger partial charge in [-0.2, -0.15) is 0 Å². The number of non-ortho nitro benzene ring substituents is 1. The van der Waals surface area contributed by atoms with Crippen LogP contribution in [0.5, 0.6) is 0 Å². The van der Waals surface area contributed by atoms with Crippen molar-refractivity contribution in [2.45, 2.75) is 4.90 Å². The van der Waals surface area contributed by atoms with Gasteiger partial charge in [-0.05, 0) is 18.2 Å². The zero-order valence-corrected chi connectivity index (χ0v) is 12.4. The van der Waals surface area contributed by atoms with Gasteiger partial charge in [0.25, 0.3) is 11.6 Å². The van der Waals surface area contributed by atoms with Crippen molar-refractivity contribution < 1.29 is 13.9 Å². The molecule has 0 bridgehead atoms. The predicted octanol–water partition coefficient (Wildman–Crippen LogP) is 2.13. The van der Waals surface area contributed by atoms with Gasteiger partial charge < -0.3 is 5.32 Å². The van der Waals surface area contributed by atoms with Crippen molar-refractivity contribution in [2.24, 2.45) is 0 Å². The maximum absolute atomic E-state index is 12.0. The number of hydrogen-bond donors (Lipinski definition) is 1. The van der Waals surface area contributed by atoms with Gasteiger partial charge in [-0.3, -0.25) is 19.1 Å². The largest absolute Gasteiger partial charge is 0.351 e. The summed E-state index contributed by atoms with van der Waals surface area (Å²) in [7, 11) is -1.19. The van der Waals surface area contributed by atoms with Gasteiger partial charge in [-0.25, -0.2) is 0 Å². The number of benzene rings is 2. The van der Waals surface area contributed by atoms with Crippen LogP contribution in [-0.4, -0.2) is 27.3 Å². The number of nitrogens with zero attached hydrogens (tertiary/aromatic N) is 1. The standard InChI is InChI=1S/C15H14N2O4S/c18-15(12-5-4-6-13(11-12)17(19)20)16-9-10-22(21)14-7-2-1-3-8-14/h1-8,11H,9-10H2,(H,16,18)/t22-/m0/s1. The van der Waals surface area contributed by atoms with E-state index in [9.17, 15) is 19.1 Å². The number of rotatable bonds is 6. The number of carbonyl (C=O) groups excluding carboxylic acids is 1. The Labute approximate surface area is 129 Å². The molecule has 0 spiro atoms. The molecule has 2 rings (SSSR count). The lowest BCUT2D eigenvalue weighted by molar-refractivity contribution is -0.384. The van der Waals surface area contributed by atoms with Gasteiger partial charge in [0.2, 0.25) is 0 Å². The minimum atomic E-state index is -1.19. The Morgan fingerprint density at radius 2 is 1.86 bits per heavy atom. The second kappa shape index (κ2) is 7.46. The molecule has 0 aliphatic rings. The lowest BCUT2D eigenvalue weighted by Gasteiger charge is -2.05. The fourth-order valence-electron chi connectivity index (χ4n) is 1.81. The van der Waals surface area contributed by atoms with Gasteiger partial charge in [0.15, 0.2) is 0 Å². The number of carbonyl (C=O) groups is 1. The maximum Gasteiger partial charge on any atom is 0.270 e. The highest BCUT2D eigenvalue weighted by molar-refractivity contribution is 7.85. The molecule has 0 aromatic heterocycles. The number of nitro benzene ring substituents is 1. The molecule has 7 heteroatoms. The average Bonchev–Trinajstić information content (AvgIpc) is 2.55. The third kappa shape index (κ3) is 4.23. The summed E-state index contributed by atoms with van der Waals surface area (Å²) >= 11 is 0. The highest BCUT2D eigenvalue weighted by Gasteiger charge is 2.11. The van der Waals surface area contributed by atoms with E-state index < -0.39 is 21.6 Å². The summed E-state index contributed by atoms with van der Waals surface area (Å²) in [6.07, 6.45) is 0. The van der Waals surface area contributed by atoms with Crippen LogP contribution in [0.2, 0.25) is 0 Å². The van der Waals surface area contributed by atoms with Gasteiger partial charge in [0.05, 0.1) is 15.7 Å². The molecule has 0 saturated carbocycles. The van der Waals surface area contributed by atoms with E-state index in [-0.39, 0.29) is 23.5 Å². The van der Waals surface area contributed by atoms with Crippen LogP contribution in [0.1, 0.15) is 10.4 Å². The molecule has 114 valence electrons. The Morgan fingerprint density at radius 3 is 2.55 bits per heavy atom. The summed E-state index contributed by atoms with van der Waals surface area (Å²) in [6.45, 7) is 0.225. The summed E-state index contributed by atoms with van der Waals surface area (Å²) in [5.41, 5.74) is 0.0696. The molecular formula is C15H14N2O4S. The first-order valence-corrected chi connectivity index (χ1v) is 7.86. The van der Waals surface area contributed by atoms with Crippen molar-refractivity contribution in [1.29, 1.82) is 0 Å². The molecule has 0 aliphatic heterocycles. The van der Waals surface area contributed by atoms with E-state index in [1.165, 1.54) is 24.3 Å². The summed E-state index contributed by atoms with van der Waals surface area (Å²) in [5.74, 6) is -0.140. The molecule has 0 saturated heterocycles. The van der Waals surface area contributed by atoms with Crippen molar-refractivity contribution in [3.05, 3.63) is 70.3 Å². The predicted molar refractivity (Wildman–Crippen MR) is 83.1 cm³/mol. The molecule has 6 nitrogen and oxygen atoms in total. The van der Waals surface area contributed by atoms with E-state index >= 15 is 0 Å². The topological polar surface area (TPSA) is 89.3 Å². The van der Waals surface area contributed by atoms with E-state index in [1.807, 2.05) is 6.07 Å². The van der Waals surface area contributed by atoms with Gasteiger partial charge >= 0.3 is 0 Å². The summed E-state index contributed by atoms with van der Waals surface area (Å²) in [5, 5.41) is 13.3. The number of nitro groups is 1. The highest BCUT2D eigenvalue weighted by atomic mass is 32.2. The third-order valence-corrected chi connectivity index (χ3v) is 4.27. The first kappa shape index (κ1) is 15.8. The van der Waals surface area contributed by atoms with Crippen LogP contribution in [0.4, 0.5) is 5.69 Å². The Morgan fingerprint density at radius 1 is 1.14 bits per heavy atom. The lowest BCUT2D eigenvalue weighted by atomic mass is 10.2. The van der Waals surface area contributed by atoms with Gasteiger partial charge in [-0.15, -0.1) is 0 Å². The smallest absolute Gasteiger partial charge is 0.270 e. The fourth-order valence-corrected chi connectivity index (χ4v) is 2.79. The molecule has 1 amide bonds. The van der Waals surface area contributed by atoms with Crippen molar-refractivity contribution in [1.82, 2.24) is 5.32 Å². The minimum absolute atomic E-state index is 0.138. The van der Waals surface area contributed by atoms with Crippen molar-refractivity contribution in [2.75, 3.05) is 12.3 Å². The Balaban J connectivity index is 1.89. The zero-order valence-electron chi connectivity index (χ0n) is 11.6. The molecule has 0 aliphatic carbocycles. The summed E-state index contributed by atoms with van der Waals surface area (Å²) in [6, 6.07) is 14.4. The molecule has 2 aromatic carbocycles. The van der Waals surface area contributed by atoms with Gasteiger partial charge in [0, 0.05) is 34.9 Å². The SMILES string of the molecule is O=C(NCC[S@](=O)c1ccccc1)c1cccc([N+](=O)[O-])c1. The summed E-state index contributed by atoms with van der Waals surface area (Å²) < 4.78 is 12.0. The van der Waals surface area contributed by atoms with Crippen LogP contribution >= 0.6 is 0 Å². The second-order valence-electron chi connectivity index (χ2n) is 4.43. The summed E-state index contributed by atoms with van der Waals surface area (Å²) in [4.78, 5) is 22.7. The van der Waals surface area contributed by atoms with Crippen LogP contribution in [0.3, 0.4) is 0 Å². The molecule has 0 unspecified atom stereocenters. The molecule has 1 atom stereocenters. The number of amides is 1. The van der Waals surface area contributed by atoms with Crippen LogP contribution in [-0.2, 0) is 10.8 Å². The molecule has 1 N–H and O–H groups in total. The van der Waals surface area contributed by atoms with Crippen LogP contribution < -0.4 is 5.32 Å². The zero-order chi connectivity index (χ0) is 15.9. The van der Waals surface area contributed by atoms with Crippen LogP contribution in [0.15, 0.2) is 59.5 Å². The first-order chi connectivity index (χ1) is 10.6. The molecule has 2 aromatic rings. The monoisotopic (exact) mass is 318 g/mol. The average molecular weight is 318 g/mol. The van der Waals surface area contributed by atoms with Crippen LogP contribution in [0.25, 0.3) is 0 Å². The molecule has 22 heavy (non-hydrogen) atoms. The maximum atomic E-state index is 12.0. The highest BCUT2D eigenvalue weighted by Crippen LogP contribution is 2.12. The second-order valence-corrected chi connectivity index (χ2v) is 6.00. The first-order valence-electron chi connectivity index (χ1n) is 6.54. The van der Waals surface area contributed by atoms with Crippen molar-refractivity contribution in [3.8, 4) is 0 Å². The van der Waals surface area contributed by atoms with Crippen molar-refractivity contribution in [3.63, 3.8) is 0 Å². The van der Waals surface area contributed by atoms with Crippen LogP contribution in [0, 0.1) is 10.1 Å². The van der Waals surface area contributed by atoms with E-state index in [1.54, 1.807) is 24.3 Å². The van der Waals surface area contributed by atoms with E-state index in [2.05, 4.69) is 5.32 Å². The Kier molecular flexibility index (Phi) is 5.37. The molecule has 0 radical (unpaired) electrons. The minimum Gasteiger partial charge on any atom is -0.351 e. The normalized spacial score (nSPS) is 11.6. The number of nitrogens with one attached hydrogen (secondary N) is 1. The quantitative estimate of drug-likeness (QED) is 0.652. The molecular weight excluding hydrogens is 304 g/mol. The van der Waals surface area contributed by atoms with Gasteiger partial charge in [0.1, 0.15) is 0 Å². The van der Waals surface area contributed by atoms with E-state index in [0.29, 0.717) is 4.90 Å². The van der Waals surface area contributed by atoms with Gasteiger partial charge in [-0.1, -0.05) is 24.3 Å². The van der Waals surface area contributed by atoms with E-state index in [4.69, 9.17) is 0 Å². The van der Waals surface area contributed by atoms with Crippen molar-refractivity contribution >= 4 is 22.4 Å². The fraction of sp³-hybridized carbons (Fsp3) is 0.133. The third-order valence-electron chi connectivity index (χ3n) is 2.90. The van der Waals surface area contributed by atoms with E-state index in [0.717, 1.165) is 0 Å². The number of hydrogen-bond acceptors (Lipinski definition) is 4.